The van der Waals surface area contributed by atoms with E-state index in [1.165, 1.54) is 18.9 Å². The van der Waals surface area contributed by atoms with Gasteiger partial charge < -0.3 is 9.30 Å². The minimum atomic E-state index is -0.168. The molecule has 3 heteroatoms. The maximum atomic E-state index is 13.4. The molecule has 0 N–H and O–H groups in total. The van der Waals surface area contributed by atoms with Gasteiger partial charge in [-0.05, 0) is 37.0 Å². The molecule has 0 radical (unpaired) electrons. The Morgan fingerprint density at radius 3 is 3.00 bits per heavy atom. The zero-order valence-corrected chi connectivity index (χ0v) is 9.03. The smallest absolute Gasteiger partial charge is 0.132 e. The molecular weight excluding hydrogens is 205 g/mol. The van der Waals surface area contributed by atoms with E-state index in [1.807, 2.05) is 16.8 Å². The number of benzene rings is 1. The van der Waals surface area contributed by atoms with Crippen LogP contribution in [0.15, 0.2) is 30.5 Å². The predicted octanol–water partition coefficient (Wildman–Crippen LogP) is 3.16. The van der Waals surface area contributed by atoms with Gasteiger partial charge in [-0.3, -0.25) is 0 Å². The molecule has 1 saturated carbocycles. The first-order valence-corrected chi connectivity index (χ1v) is 5.66. The van der Waals surface area contributed by atoms with E-state index in [4.69, 9.17) is 4.74 Å². The Balaban J connectivity index is 1.77. The highest BCUT2D eigenvalue weighted by molar-refractivity contribution is 5.80. The number of fused-ring (bicyclic) bond motifs is 1. The van der Waals surface area contributed by atoms with Crippen LogP contribution in [0.4, 0.5) is 4.39 Å². The van der Waals surface area contributed by atoms with E-state index in [-0.39, 0.29) is 5.82 Å². The van der Waals surface area contributed by atoms with E-state index in [9.17, 15) is 4.39 Å². The summed E-state index contributed by atoms with van der Waals surface area (Å²) in [7, 11) is 0. The molecule has 1 aromatic heterocycles. The lowest BCUT2D eigenvalue weighted by Crippen LogP contribution is -2.03. The molecule has 3 rings (SSSR count). The normalized spacial score (nSPS) is 15.8. The average Bonchev–Trinajstić information content (AvgIpc) is 3.00. The number of nitrogens with zero attached hydrogens (tertiary/aromatic N) is 1. The fraction of sp³-hybridized carbons (Fsp3) is 0.385. The second-order valence-electron chi connectivity index (χ2n) is 4.40. The fourth-order valence-electron chi connectivity index (χ4n) is 1.90. The summed E-state index contributed by atoms with van der Waals surface area (Å²) in [6.45, 7) is 1.35. The maximum absolute atomic E-state index is 13.4. The number of hydrogen-bond donors (Lipinski definition) is 0. The minimum absolute atomic E-state index is 0.168. The van der Waals surface area contributed by atoms with E-state index >= 15 is 0 Å². The molecule has 1 aliphatic rings. The Bertz CT molecular complexity index is 502. The van der Waals surface area contributed by atoms with Gasteiger partial charge in [0.2, 0.25) is 0 Å². The fourth-order valence-corrected chi connectivity index (χ4v) is 1.90. The van der Waals surface area contributed by atoms with Crippen molar-refractivity contribution in [3.63, 3.8) is 0 Å². The Hall–Kier alpha value is -1.35. The summed E-state index contributed by atoms with van der Waals surface area (Å²) in [6, 6.07) is 6.93. The minimum Gasteiger partial charge on any atom is -0.360 e. The van der Waals surface area contributed by atoms with Crippen LogP contribution in [0, 0.1) is 11.7 Å². The van der Waals surface area contributed by atoms with E-state index in [1.54, 1.807) is 12.1 Å². The summed E-state index contributed by atoms with van der Waals surface area (Å²) in [4.78, 5) is 0. The zero-order valence-electron chi connectivity index (χ0n) is 9.03. The van der Waals surface area contributed by atoms with Crippen LogP contribution >= 0.6 is 0 Å². The summed E-state index contributed by atoms with van der Waals surface area (Å²) < 4.78 is 20.9. The monoisotopic (exact) mass is 219 g/mol. The molecule has 2 aromatic rings. The third-order valence-corrected chi connectivity index (χ3v) is 3.04. The van der Waals surface area contributed by atoms with Crippen LogP contribution in [0.3, 0.4) is 0 Å². The molecule has 0 spiro atoms. The first-order chi connectivity index (χ1) is 7.84. The van der Waals surface area contributed by atoms with Gasteiger partial charge in [0.05, 0.1) is 12.1 Å². The Labute approximate surface area is 93.6 Å². The van der Waals surface area contributed by atoms with Crippen LogP contribution in [0.25, 0.3) is 10.9 Å². The van der Waals surface area contributed by atoms with Crippen molar-refractivity contribution in [1.82, 2.24) is 4.57 Å². The molecule has 0 aliphatic heterocycles. The third kappa shape index (κ3) is 1.83. The third-order valence-electron chi connectivity index (χ3n) is 3.04. The van der Waals surface area contributed by atoms with Crippen molar-refractivity contribution in [1.29, 1.82) is 0 Å². The second-order valence-corrected chi connectivity index (χ2v) is 4.40. The van der Waals surface area contributed by atoms with Crippen molar-refractivity contribution in [3.8, 4) is 0 Å². The number of hydrogen-bond acceptors (Lipinski definition) is 1. The van der Waals surface area contributed by atoms with Crippen LogP contribution in [-0.4, -0.2) is 11.2 Å². The molecule has 84 valence electrons. The SMILES string of the molecule is Fc1cccc2c1ccn2COCC1CC1. The average molecular weight is 219 g/mol. The number of ether oxygens (including phenoxy) is 1. The molecule has 0 amide bonds. The van der Waals surface area contributed by atoms with Crippen LogP contribution in [0.1, 0.15) is 12.8 Å². The first kappa shape index (κ1) is 9.85. The van der Waals surface area contributed by atoms with Crippen molar-refractivity contribution in [2.24, 2.45) is 5.92 Å². The van der Waals surface area contributed by atoms with Crippen molar-refractivity contribution < 1.29 is 9.13 Å². The Kier molecular flexibility index (Phi) is 2.40. The largest absolute Gasteiger partial charge is 0.360 e. The number of halogens is 1. The van der Waals surface area contributed by atoms with Crippen LogP contribution in [0.2, 0.25) is 0 Å². The van der Waals surface area contributed by atoms with Gasteiger partial charge in [0.25, 0.3) is 0 Å². The Morgan fingerprint density at radius 1 is 1.31 bits per heavy atom. The molecule has 0 atom stereocenters. The highest BCUT2D eigenvalue weighted by atomic mass is 19.1. The summed E-state index contributed by atoms with van der Waals surface area (Å²) in [6.07, 6.45) is 4.46. The molecule has 2 nitrogen and oxygen atoms in total. The van der Waals surface area contributed by atoms with E-state index in [2.05, 4.69) is 0 Å². The van der Waals surface area contributed by atoms with Crippen LogP contribution < -0.4 is 0 Å². The molecular formula is C13H14FNO. The van der Waals surface area contributed by atoms with Crippen molar-refractivity contribution in [2.45, 2.75) is 19.6 Å². The summed E-state index contributed by atoms with van der Waals surface area (Å²) in [5, 5.41) is 0.664. The molecule has 1 fully saturated rings. The Morgan fingerprint density at radius 2 is 2.19 bits per heavy atom. The molecule has 1 aliphatic carbocycles. The van der Waals surface area contributed by atoms with Gasteiger partial charge in [0, 0.05) is 11.6 Å². The number of aromatic nitrogens is 1. The highest BCUT2D eigenvalue weighted by Gasteiger charge is 2.21. The van der Waals surface area contributed by atoms with Gasteiger partial charge in [-0.2, -0.15) is 0 Å². The molecule has 1 aromatic carbocycles. The first-order valence-electron chi connectivity index (χ1n) is 5.66. The van der Waals surface area contributed by atoms with Gasteiger partial charge in [-0.1, -0.05) is 6.07 Å². The standard InChI is InChI=1S/C13H14FNO/c14-12-2-1-3-13-11(12)6-7-15(13)9-16-8-10-4-5-10/h1-3,6-7,10H,4-5,8-9H2. The maximum Gasteiger partial charge on any atom is 0.132 e. The molecule has 16 heavy (non-hydrogen) atoms. The van der Waals surface area contributed by atoms with Crippen molar-refractivity contribution in [2.75, 3.05) is 6.61 Å². The summed E-state index contributed by atoms with van der Waals surface area (Å²) in [5.74, 6) is 0.594. The topological polar surface area (TPSA) is 14.2 Å². The van der Waals surface area contributed by atoms with E-state index < -0.39 is 0 Å². The quantitative estimate of drug-likeness (QED) is 0.770. The second kappa shape index (κ2) is 3.91. The van der Waals surface area contributed by atoms with Crippen LogP contribution in [0.5, 0.6) is 0 Å². The summed E-state index contributed by atoms with van der Waals surface area (Å²) in [5.41, 5.74) is 0.899. The lowest BCUT2D eigenvalue weighted by atomic mass is 10.2. The van der Waals surface area contributed by atoms with Crippen molar-refractivity contribution in [3.05, 3.63) is 36.3 Å². The lowest BCUT2D eigenvalue weighted by Gasteiger charge is -2.06. The zero-order chi connectivity index (χ0) is 11.0. The molecule has 1 heterocycles. The predicted molar refractivity (Wildman–Crippen MR) is 60.6 cm³/mol. The van der Waals surface area contributed by atoms with Gasteiger partial charge >= 0.3 is 0 Å². The number of rotatable bonds is 4. The highest BCUT2D eigenvalue weighted by Crippen LogP contribution is 2.29. The van der Waals surface area contributed by atoms with Crippen molar-refractivity contribution >= 4 is 10.9 Å². The van der Waals surface area contributed by atoms with Gasteiger partial charge in [0.15, 0.2) is 0 Å². The molecule has 0 unspecified atom stereocenters. The van der Waals surface area contributed by atoms with Gasteiger partial charge in [-0.15, -0.1) is 0 Å². The van der Waals surface area contributed by atoms with E-state index in [0.717, 1.165) is 18.0 Å². The lowest BCUT2D eigenvalue weighted by molar-refractivity contribution is 0.0718. The summed E-state index contributed by atoms with van der Waals surface area (Å²) >= 11 is 0. The van der Waals surface area contributed by atoms with E-state index in [0.29, 0.717) is 12.1 Å². The van der Waals surface area contributed by atoms with Gasteiger partial charge in [0.1, 0.15) is 12.5 Å². The van der Waals surface area contributed by atoms with Crippen LogP contribution in [-0.2, 0) is 11.5 Å². The van der Waals surface area contributed by atoms with Gasteiger partial charge in [-0.25, -0.2) is 4.39 Å². The molecule has 0 bridgehead atoms. The molecule has 0 saturated heterocycles.